The summed E-state index contributed by atoms with van der Waals surface area (Å²) in [6.07, 6.45) is 4.21. The molecule has 2 aliphatic heterocycles. The summed E-state index contributed by atoms with van der Waals surface area (Å²) in [5.41, 5.74) is 3.14. The molecule has 0 atom stereocenters. The van der Waals surface area contributed by atoms with Gasteiger partial charge in [-0.2, -0.15) is 0 Å². The summed E-state index contributed by atoms with van der Waals surface area (Å²) in [6, 6.07) is 10.7. The van der Waals surface area contributed by atoms with Gasteiger partial charge in [-0.15, -0.1) is 11.3 Å². The minimum atomic E-state index is -0.261. The highest BCUT2D eigenvalue weighted by molar-refractivity contribution is 7.12. The molecule has 1 saturated heterocycles. The van der Waals surface area contributed by atoms with Crippen molar-refractivity contribution in [2.24, 2.45) is 0 Å². The summed E-state index contributed by atoms with van der Waals surface area (Å²) >= 11 is 1.54. The number of amides is 1. The third-order valence-corrected chi connectivity index (χ3v) is 6.73. The second kappa shape index (κ2) is 7.96. The van der Waals surface area contributed by atoms with E-state index in [1.54, 1.807) is 0 Å². The van der Waals surface area contributed by atoms with E-state index in [4.69, 9.17) is 4.74 Å². The van der Waals surface area contributed by atoms with Crippen LogP contribution in [0.4, 0.5) is 0 Å². The van der Waals surface area contributed by atoms with Crippen LogP contribution in [0.2, 0.25) is 0 Å². The zero-order valence-electron chi connectivity index (χ0n) is 17.7. The van der Waals surface area contributed by atoms with Crippen LogP contribution in [0.1, 0.15) is 61.3 Å². The molecule has 1 N–H and O–H groups in total. The van der Waals surface area contributed by atoms with E-state index in [-0.39, 0.29) is 23.6 Å². The van der Waals surface area contributed by atoms with E-state index in [9.17, 15) is 4.79 Å². The minimum Gasteiger partial charge on any atom is -0.482 e. The molecule has 5 heteroatoms. The van der Waals surface area contributed by atoms with E-state index >= 15 is 0 Å². The molecule has 0 unspecified atom stereocenters. The van der Waals surface area contributed by atoms with Crippen LogP contribution in [-0.4, -0.2) is 41.6 Å². The fourth-order valence-corrected chi connectivity index (χ4v) is 5.33. The molecule has 1 fully saturated rings. The molecule has 0 bridgehead atoms. The van der Waals surface area contributed by atoms with Gasteiger partial charge >= 0.3 is 0 Å². The molecule has 154 valence electrons. The number of hydrogen-bond donors (Lipinski definition) is 1. The van der Waals surface area contributed by atoms with Gasteiger partial charge in [0.15, 0.2) is 0 Å². The van der Waals surface area contributed by atoms with Crippen molar-refractivity contribution in [2.45, 2.75) is 58.2 Å². The molecule has 0 saturated carbocycles. The highest BCUT2D eigenvalue weighted by Gasteiger charge is 2.37. The van der Waals surface area contributed by atoms with Crippen LogP contribution in [-0.2, 0) is 0 Å². The lowest BCUT2D eigenvalue weighted by atomic mass is 9.84. The van der Waals surface area contributed by atoms with Gasteiger partial charge in [0.25, 0.3) is 5.91 Å². The van der Waals surface area contributed by atoms with E-state index in [1.807, 2.05) is 17.0 Å². The third-order valence-electron chi connectivity index (χ3n) is 5.82. The molecule has 1 amide bonds. The fourth-order valence-electron chi connectivity index (χ4n) is 4.48. The van der Waals surface area contributed by atoms with E-state index in [1.165, 1.54) is 16.9 Å². The van der Waals surface area contributed by atoms with Crippen molar-refractivity contribution in [3.05, 3.63) is 57.8 Å². The zero-order chi connectivity index (χ0) is 20.6. The number of fused-ring (bicyclic) bond motifs is 1. The normalized spacial score (nSPS) is 17.8. The number of carbonyl (C=O) groups is 1. The number of carbonyl (C=O) groups excluding carboxylic acids is 1. The zero-order valence-corrected chi connectivity index (χ0v) is 18.5. The summed E-state index contributed by atoms with van der Waals surface area (Å²) in [7, 11) is 0. The number of nitrogens with zero attached hydrogens (tertiary/aromatic N) is 1. The first kappa shape index (κ1) is 20.2. The average Bonchev–Trinajstić information content (AvgIpc) is 3.17. The number of nitrogens with one attached hydrogen (secondary N) is 1. The topological polar surface area (TPSA) is 41.6 Å². The lowest BCUT2D eigenvalue weighted by molar-refractivity contribution is 0.0649. The van der Waals surface area contributed by atoms with Gasteiger partial charge < -0.3 is 15.0 Å². The van der Waals surface area contributed by atoms with E-state index in [0.717, 1.165) is 47.7 Å². The summed E-state index contributed by atoms with van der Waals surface area (Å²) < 4.78 is 6.48. The molecule has 2 aromatic rings. The highest BCUT2D eigenvalue weighted by atomic mass is 32.1. The van der Waals surface area contributed by atoms with Gasteiger partial charge in [0.05, 0.1) is 4.88 Å². The third kappa shape index (κ3) is 3.86. The molecular weight excluding hydrogens is 380 g/mol. The van der Waals surface area contributed by atoms with Crippen molar-refractivity contribution in [3.8, 4) is 5.75 Å². The first-order valence-corrected chi connectivity index (χ1v) is 11.4. The second-order valence-corrected chi connectivity index (χ2v) is 9.48. The number of thiophene rings is 1. The Bertz CT molecular complexity index is 914. The maximum atomic E-state index is 13.1. The standard InChI is InChI=1S/C24H30N2O2S/c1-16(2)26(17(3)4)23(27)22-13-18(15-29-22)20-14-24(9-11-25-12-10-24)28-21-8-6-5-7-19(20)21/h5-8,13-17,25H,9-12H2,1-4H3. The Morgan fingerprint density at radius 3 is 2.52 bits per heavy atom. The number of para-hydroxylation sites is 1. The van der Waals surface area contributed by atoms with Crippen LogP contribution in [0, 0.1) is 0 Å². The van der Waals surface area contributed by atoms with Gasteiger partial charge in [-0.05, 0) is 75.5 Å². The quantitative estimate of drug-likeness (QED) is 0.775. The van der Waals surface area contributed by atoms with Gasteiger partial charge in [0.1, 0.15) is 11.4 Å². The van der Waals surface area contributed by atoms with Gasteiger partial charge in [-0.25, -0.2) is 0 Å². The smallest absolute Gasteiger partial charge is 0.264 e. The lowest BCUT2D eigenvalue weighted by Crippen LogP contribution is -2.46. The molecule has 4 rings (SSSR count). The van der Waals surface area contributed by atoms with Crippen LogP contribution in [0.15, 0.2) is 41.8 Å². The number of hydrogen-bond acceptors (Lipinski definition) is 4. The number of ether oxygens (including phenoxy) is 1. The molecule has 1 spiro atoms. The molecule has 4 nitrogen and oxygen atoms in total. The molecular formula is C24H30N2O2S. The number of piperidine rings is 1. The minimum absolute atomic E-state index is 0.115. The summed E-state index contributed by atoms with van der Waals surface area (Å²) in [4.78, 5) is 15.9. The van der Waals surface area contributed by atoms with Crippen molar-refractivity contribution < 1.29 is 9.53 Å². The molecule has 0 aliphatic carbocycles. The Morgan fingerprint density at radius 2 is 1.83 bits per heavy atom. The maximum Gasteiger partial charge on any atom is 0.264 e. The Hall–Kier alpha value is -2.11. The van der Waals surface area contributed by atoms with Gasteiger partial charge in [-0.3, -0.25) is 4.79 Å². The van der Waals surface area contributed by atoms with Gasteiger partial charge in [-0.1, -0.05) is 18.2 Å². The SMILES string of the molecule is CC(C)N(C(=O)c1cc(C2=CC3(CCNCC3)Oc3ccccc32)cs1)C(C)C. The predicted octanol–water partition coefficient (Wildman–Crippen LogP) is 4.95. The average molecular weight is 411 g/mol. The molecule has 1 aromatic carbocycles. The van der Waals surface area contributed by atoms with Crippen LogP contribution in [0.25, 0.3) is 5.57 Å². The number of benzene rings is 1. The summed E-state index contributed by atoms with van der Waals surface area (Å²) in [6.45, 7) is 10.2. The first-order chi connectivity index (χ1) is 13.9. The summed E-state index contributed by atoms with van der Waals surface area (Å²) in [5, 5.41) is 5.55. The van der Waals surface area contributed by atoms with Gasteiger partial charge in [0.2, 0.25) is 0 Å². The lowest BCUT2D eigenvalue weighted by Gasteiger charge is -2.39. The van der Waals surface area contributed by atoms with Crippen molar-refractivity contribution in [1.29, 1.82) is 0 Å². The molecule has 29 heavy (non-hydrogen) atoms. The predicted molar refractivity (Wildman–Crippen MR) is 120 cm³/mol. The van der Waals surface area contributed by atoms with Crippen LogP contribution < -0.4 is 10.1 Å². The van der Waals surface area contributed by atoms with Crippen LogP contribution >= 0.6 is 11.3 Å². The van der Waals surface area contributed by atoms with E-state index in [0.29, 0.717) is 0 Å². The Labute approximate surface area is 177 Å². The monoisotopic (exact) mass is 410 g/mol. The highest BCUT2D eigenvalue weighted by Crippen LogP contribution is 2.43. The second-order valence-electron chi connectivity index (χ2n) is 8.57. The fraction of sp³-hybridized carbons (Fsp3) is 0.458. The van der Waals surface area contributed by atoms with Crippen molar-refractivity contribution in [1.82, 2.24) is 10.2 Å². The van der Waals surface area contributed by atoms with Crippen molar-refractivity contribution in [3.63, 3.8) is 0 Å². The molecule has 3 heterocycles. The largest absolute Gasteiger partial charge is 0.482 e. The van der Waals surface area contributed by atoms with Crippen LogP contribution in [0.5, 0.6) is 5.75 Å². The maximum absolute atomic E-state index is 13.1. The Balaban J connectivity index is 1.72. The van der Waals surface area contributed by atoms with Gasteiger partial charge in [0, 0.05) is 30.5 Å². The van der Waals surface area contributed by atoms with Crippen LogP contribution in [0.3, 0.4) is 0 Å². The first-order valence-electron chi connectivity index (χ1n) is 10.5. The number of rotatable bonds is 4. The van der Waals surface area contributed by atoms with Crippen molar-refractivity contribution >= 4 is 22.8 Å². The molecule has 0 radical (unpaired) electrons. The Morgan fingerprint density at radius 1 is 1.14 bits per heavy atom. The van der Waals surface area contributed by atoms with E-state index in [2.05, 4.69) is 62.7 Å². The van der Waals surface area contributed by atoms with E-state index < -0.39 is 0 Å². The Kier molecular flexibility index (Phi) is 5.54. The summed E-state index contributed by atoms with van der Waals surface area (Å²) in [5.74, 6) is 1.06. The van der Waals surface area contributed by atoms with Crippen molar-refractivity contribution in [2.75, 3.05) is 13.1 Å². The molecule has 1 aromatic heterocycles. The molecule has 2 aliphatic rings.